The number of piperidine rings is 1. The number of hydrogen-bond acceptors (Lipinski definition) is 4. The van der Waals surface area contributed by atoms with E-state index in [-0.39, 0.29) is 17.9 Å². The van der Waals surface area contributed by atoms with Crippen LogP contribution >= 0.6 is 0 Å². The molecule has 0 saturated carbocycles. The smallest absolute Gasteiger partial charge is 0.249 e. The number of imide groups is 1. The zero-order valence-corrected chi connectivity index (χ0v) is 17.3. The molecule has 1 fully saturated rings. The van der Waals surface area contributed by atoms with Gasteiger partial charge in [0.1, 0.15) is 6.04 Å². The van der Waals surface area contributed by atoms with Crippen molar-refractivity contribution < 1.29 is 9.59 Å². The highest BCUT2D eigenvalue weighted by atomic mass is 16.2. The van der Waals surface area contributed by atoms with E-state index in [9.17, 15) is 9.59 Å². The van der Waals surface area contributed by atoms with Gasteiger partial charge in [-0.05, 0) is 50.0 Å². The third-order valence-electron chi connectivity index (χ3n) is 5.67. The van der Waals surface area contributed by atoms with Crippen molar-refractivity contribution in [3.63, 3.8) is 0 Å². The molecule has 0 radical (unpaired) electrons. The Balaban J connectivity index is 1.45. The predicted molar refractivity (Wildman–Crippen MR) is 119 cm³/mol. The zero-order valence-electron chi connectivity index (χ0n) is 17.3. The SMILES string of the molecule is CNCCCc1ccc(CNc2cccc3cn(C4CCC(=O)NC4=O)cc23)cc1. The van der Waals surface area contributed by atoms with Crippen LogP contribution in [0.2, 0.25) is 0 Å². The summed E-state index contributed by atoms with van der Waals surface area (Å²) >= 11 is 0. The monoisotopic (exact) mass is 404 g/mol. The van der Waals surface area contributed by atoms with E-state index in [0.29, 0.717) is 12.8 Å². The van der Waals surface area contributed by atoms with E-state index in [1.54, 1.807) is 0 Å². The zero-order chi connectivity index (χ0) is 20.9. The Hall–Kier alpha value is -3.12. The first-order valence-corrected chi connectivity index (χ1v) is 10.5. The fourth-order valence-electron chi connectivity index (χ4n) is 3.98. The van der Waals surface area contributed by atoms with Gasteiger partial charge < -0.3 is 15.2 Å². The topological polar surface area (TPSA) is 75.2 Å². The molecule has 1 aliphatic rings. The number of nitrogens with one attached hydrogen (secondary N) is 3. The number of aromatic nitrogens is 1. The number of carbonyl (C=O) groups is 2. The van der Waals surface area contributed by atoms with E-state index >= 15 is 0 Å². The molecular weight excluding hydrogens is 376 g/mol. The quantitative estimate of drug-likeness (QED) is 0.397. The molecule has 1 aliphatic heterocycles. The van der Waals surface area contributed by atoms with Crippen molar-refractivity contribution >= 4 is 28.3 Å². The number of amides is 2. The van der Waals surface area contributed by atoms with Crippen LogP contribution in [0, 0.1) is 0 Å². The van der Waals surface area contributed by atoms with Gasteiger partial charge in [-0.25, -0.2) is 0 Å². The highest BCUT2D eigenvalue weighted by molar-refractivity contribution is 6.00. The molecule has 1 unspecified atom stereocenters. The number of aryl methyl sites for hydroxylation is 1. The first-order valence-electron chi connectivity index (χ1n) is 10.5. The summed E-state index contributed by atoms with van der Waals surface area (Å²) in [7, 11) is 1.98. The van der Waals surface area contributed by atoms with Crippen LogP contribution < -0.4 is 16.0 Å². The average molecular weight is 405 g/mol. The van der Waals surface area contributed by atoms with Gasteiger partial charge in [-0.2, -0.15) is 0 Å². The molecule has 3 aromatic rings. The lowest BCUT2D eigenvalue weighted by Crippen LogP contribution is -2.41. The van der Waals surface area contributed by atoms with Crippen molar-refractivity contribution in [1.82, 2.24) is 15.2 Å². The second-order valence-corrected chi connectivity index (χ2v) is 7.86. The summed E-state index contributed by atoms with van der Waals surface area (Å²) in [5.74, 6) is -0.417. The van der Waals surface area contributed by atoms with Crippen LogP contribution in [-0.4, -0.2) is 30.0 Å². The van der Waals surface area contributed by atoms with Gasteiger partial charge in [-0.3, -0.25) is 14.9 Å². The van der Waals surface area contributed by atoms with Gasteiger partial charge >= 0.3 is 0 Å². The molecule has 1 saturated heterocycles. The van der Waals surface area contributed by atoms with Crippen LogP contribution in [0.4, 0.5) is 5.69 Å². The summed E-state index contributed by atoms with van der Waals surface area (Å²) in [5, 5.41) is 11.3. The van der Waals surface area contributed by atoms with Crippen molar-refractivity contribution in [3.8, 4) is 0 Å². The Morgan fingerprint density at radius 1 is 1.07 bits per heavy atom. The third-order valence-corrected chi connectivity index (χ3v) is 5.67. The molecule has 3 N–H and O–H groups in total. The van der Waals surface area contributed by atoms with E-state index < -0.39 is 0 Å². The molecule has 6 heteroatoms. The molecule has 2 amide bonds. The number of benzene rings is 2. The average Bonchev–Trinajstić information content (AvgIpc) is 3.18. The minimum Gasteiger partial charge on any atom is -0.380 e. The predicted octanol–water partition coefficient (Wildman–Crippen LogP) is 3.38. The maximum absolute atomic E-state index is 12.2. The second kappa shape index (κ2) is 9.13. The molecule has 0 bridgehead atoms. The Kier molecular flexibility index (Phi) is 6.14. The molecule has 156 valence electrons. The number of fused-ring (bicyclic) bond motifs is 1. The molecule has 0 aliphatic carbocycles. The fourth-order valence-corrected chi connectivity index (χ4v) is 3.98. The van der Waals surface area contributed by atoms with Crippen LogP contribution in [0.15, 0.2) is 54.9 Å². The maximum Gasteiger partial charge on any atom is 0.249 e. The van der Waals surface area contributed by atoms with E-state index in [1.165, 1.54) is 11.1 Å². The van der Waals surface area contributed by atoms with Crippen molar-refractivity contribution in [3.05, 3.63) is 66.0 Å². The van der Waals surface area contributed by atoms with Crippen molar-refractivity contribution in [2.45, 2.75) is 38.3 Å². The van der Waals surface area contributed by atoms with Gasteiger partial charge in [0, 0.05) is 41.8 Å². The minimum absolute atomic E-state index is 0.191. The standard InChI is InChI=1S/C24H28N4O2/c1-25-13-3-4-17-7-9-18(10-8-17)14-26-21-6-2-5-19-15-28(16-20(19)21)22-11-12-23(29)27-24(22)30/h2,5-10,15-16,22,25-26H,3-4,11-14H2,1H3,(H,27,29,30). The highest BCUT2D eigenvalue weighted by Gasteiger charge is 2.27. The Bertz CT molecular complexity index is 1040. The molecule has 2 heterocycles. The molecule has 30 heavy (non-hydrogen) atoms. The summed E-state index contributed by atoms with van der Waals surface area (Å²) in [6.45, 7) is 1.77. The lowest BCUT2D eigenvalue weighted by atomic mass is 10.1. The molecule has 6 nitrogen and oxygen atoms in total. The van der Waals surface area contributed by atoms with Crippen LogP contribution in [-0.2, 0) is 22.6 Å². The van der Waals surface area contributed by atoms with Gasteiger partial charge in [-0.1, -0.05) is 36.4 Å². The van der Waals surface area contributed by atoms with Gasteiger partial charge in [0.05, 0.1) is 0 Å². The number of carbonyl (C=O) groups excluding carboxylic acids is 2. The minimum atomic E-state index is -0.335. The van der Waals surface area contributed by atoms with E-state index in [4.69, 9.17) is 0 Å². The molecule has 2 aromatic carbocycles. The van der Waals surface area contributed by atoms with Gasteiger partial charge in [0.2, 0.25) is 11.8 Å². The molecule has 0 spiro atoms. The van der Waals surface area contributed by atoms with Gasteiger partial charge in [0.15, 0.2) is 0 Å². The Labute approximate surface area is 176 Å². The molecular formula is C24H28N4O2. The lowest BCUT2D eigenvalue weighted by Gasteiger charge is -2.22. The van der Waals surface area contributed by atoms with E-state index in [1.807, 2.05) is 36.1 Å². The number of hydrogen-bond donors (Lipinski definition) is 3. The molecule has 1 aromatic heterocycles. The summed E-state index contributed by atoms with van der Waals surface area (Å²) in [4.78, 5) is 23.6. The van der Waals surface area contributed by atoms with Crippen LogP contribution in [0.25, 0.3) is 10.8 Å². The van der Waals surface area contributed by atoms with Crippen LogP contribution in [0.5, 0.6) is 0 Å². The summed E-state index contributed by atoms with van der Waals surface area (Å²) < 4.78 is 1.93. The molecule has 1 atom stereocenters. The fraction of sp³-hybridized carbons (Fsp3) is 0.333. The summed E-state index contributed by atoms with van der Waals surface area (Å²) in [5.41, 5.74) is 3.63. The normalized spacial score (nSPS) is 16.6. The third kappa shape index (κ3) is 4.54. The Morgan fingerprint density at radius 2 is 1.87 bits per heavy atom. The van der Waals surface area contributed by atoms with Gasteiger partial charge in [0.25, 0.3) is 0 Å². The maximum atomic E-state index is 12.2. The van der Waals surface area contributed by atoms with E-state index in [0.717, 1.165) is 42.4 Å². The van der Waals surface area contributed by atoms with Crippen molar-refractivity contribution in [2.24, 2.45) is 0 Å². The summed E-state index contributed by atoms with van der Waals surface area (Å²) in [6.07, 6.45) is 7.13. The Morgan fingerprint density at radius 3 is 2.63 bits per heavy atom. The second-order valence-electron chi connectivity index (χ2n) is 7.86. The lowest BCUT2D eigenvalue weighted by molar-refractivity contribution is -0.135. The molecule has 4 rings (SSSR count). The first-order chi connectivity index (χ1) is 14.6. The number of anilines is 1. The number of nitrogens with zero attached hydrogens (tertiary/aromatic N) is 1. The highest BCUT2D eigenvalue weighted by Crippen LogP contribution is 2.29. The van der Waals surface area contributed by atoms with E-state index in [2.05, 4.69) is 46.3 Å². The van der Waals surface area contributed by atoms with Crippen molar-refractivity contribution in [1.29, 1.82) is 0 Å². The van der Waals surface area contributed by atoms with Crippen LogP contribution in [0.3, 0.4) is 0 Å². The number of rotatable bonds is 8. The van der Waals surface area contributed by atoms with Crippen LogP contribution in [0.1, 0.15) is 36.4 Å². The van der Waals surface area contributed by atoms with Gasteiger partial charge in [-0.15, -0.1) is 0 Å². The largest absolute Gasteiger partial charge is 0.380 e. The first kappa shape index (κ1) is 20.2. The van der Waals surface area contributed by atoms with Crippen molar-refractivity contribution in [2.75, 3.05) is 18.9 Å². The summed E-state index contributed by atoms with van der Waals surface area (Å²) in [6, 6.07) is 14.5.